The second-order valence-corrected chi connectivity index (χ2v) is 4.58. The van der Waals surface area contributed by atoms with Crippen LogP contribution in [0, 0.1) is 6.92 Å². The van der Waals surface area contributed by atoms with E-state index < -0.39 is 18.0 Å². The monoisotopic (exact) mass is 255 g/mol. The van der Waals surface area contributed by atoms with Gasteiger partial charge in [0.15, 0.2) is 0 Å². The van der Waals surface area contributed by atoms with Crippen LogP contribution in [0.25, 0.3) is 0 Å². The minimum absolute atomic E-state index is 0.183. The van der Waals surface area contributed by atoms with Crippen LogP contribution in [-0.4, -0.2) is 33.0 Å². The van der Waals surface area contributed by atoms with Crippen LogP contribution in [0.2, 0.25) is 0 Å². The maximum absolute atomic E-state index is 12.0. The van der Waals surface area contributed by atoms with E-state index in [-0.39, 0.29) is 18.2 Å². The van der Waals surface area contributed by atoms with Crippen LogP contribution in [0.3, 0.4) is 0 Å². The van der Waals surface area contributed by atoms with Gasteiger partial charge in [0.1, 0.15) is 6.23 Å². The van der Waals surface area contributed by atoms with Gasteiger partial charge in [-0.1, -0.05) is 0 Å². The molecule has 0 aliphatic carbocycles. The van der Waals surface area contributed by atoms with Crippen LogP contribution in [0.15, 0.2) is 15.8 Å². The van der Waals surface area contributed by atoms with Crippen LogP contribution >= 0.6 is 0 Å². The molecule has 0 amide bonds. The average Bonchev–Trinajstić information content (AvgIpc) is 2.72. The first kappa shape index (κ1) is 13.0. The number of hydrogen-bond acceptors (Lipinski definition) is 5. The average molecular weight is 255 g/mol. The predicted octanol–water partition coefficient (Wildman–Crippen LogP) is -1.54. The molecule has 100 valence electrons. The zero-order valence-electron chi connectivity index (χ0n) is 10.4. The summed E-state index contributed by atoms with van der Waals surface area (Å²) in [6.07, 6.45) is 0.902. The first-order chi connectivity index (χ1) is 8.45. The van der Waals surface area contributed by atoms with Crippen molar-refractivity contribution in [3.63, 3.8) is 0 Å². The van der Waals surface area contributed by atoms with Crippen molar-refractivity contribution in [2.75, 3.05) is 6.61 Å². The maximum atomic E-state index is 12.0. The lowest BCUT2D eigenvalue weighted by molar-refractivity contribution is -0.0276. The molecule has 3 unspecified atom stereocenters. The number of ether oxygens (including phenoxy) is 1. The molecule has 0 saturated carbocycles. The van der Waals surface area contributed by atoms with Gasteiger partial charge in [-0.05, 0) is 6.92 Å². The lowest BCUT2D eigenvalue weighted by Crippen LogP contribution is -2.40. The minimum atomic E-state index is -0.532. The van der Waals surface area contributed by atoms with Crippen molar-refractivity contribution in [1.29, 1.82) is 0 Å². The molecule has 0 aromatic carbocycles. The molecule has 1 aromatic rings. The fraction of sp³-hybridized carbons (Fsp3) is 0.636. The number of hydrogen-bond donors (Lipinski definition) is 2. The van der Waals surface area contributed by atoms with Crippen molar-refractivity contribution in [3.05, 3.63) is 32.6 Å². The van der Waals surface area contributed by atoms with E-state index in [2.05, 4.69) is 0 Å². The van der Waals surface area contributed by atoms with Gasteiger partial charge in [-0.15, -0.1) is 0 Å². The summed E-state index contributed by atoms with van der Waals surface area (Å²) in [6, 6.07) is -0.315. The summed E-state index contributed by atoms with van der Waals surface area (Å²) in [4.78, 5) is 23.6. The predicted molar refractivity (Wildman–Crippen MR) is 64.3 cm³/mol. The van der Waals surface area contributed by atoms with Gasteiger partial charge in [-0.2, -0.15) is 0 Å². The van der Waals surface area contributed by atoms with Gasteiger partial charge in [0, 0.05) is 31.3 Å². The highest BCUT2D eigenvalue weighted by atomic mass is 16.5. The summed E-state index contributed by atoms with van der Waals surface area (Å²) in [7, 11) is 1.42. The topological polar surface area (TPSA) is 99.5 Å². The zero-order chi connectivity index (χ0) is 13.4. The van der Waals surface area contributed by atoms with E-state index in [1.165, 1.54) is 17.8 Å². The third kappa shape index (κ3) is 2.00. The molecule has 1 aliphatic heterocycles. The molecule has 2 heterocycles. The van der Waals surface area contributed by atoms with Crippen molar-refractivity contribution in [2.45, 2.75) is 31.7 Å². The Labute approximate surface area is 103 Å². The second-order valence-electron chi connectivity index (χ2n) is 4.58. The van der Waals surface area contributed by atoms with Crippen LogP contribution in [-0.2, 0) is 11.8 Å². The number of aryl methyl sites for hydroxylation is 1. The van der Waals surface area contributed by atoms with Gasteiger partial charge >= 0.3 is 5.69 Å². The summed E-state index contributed by atoms with van der Waals surface area (Å²) in [6.45, 7) is 1.45. The van der Waals surface area contributed by atoms with Crippen molar-refractivity contribution < 1.29 is 9.84 Å². The SMILES string of the molecule is Cc1cn(C2CC(N)C(CO)O2)c(=O)n(C)c1=O. The van der Waals surface area contributed by atoms with Crippen molar-refractivity contribution in [3.8, 4) is 0 Å². The summed E-state index contributed by atoms with van der Waals surface area (Å²) >= 11 is 0. The van der Waals surface area contributed by atoms with E-state index in [1.54, 1.807) is 6.92 Å². The Bertz CT molecular complexity index is 562. The number of aromatic nitrogens is 2. The third-order valence-corrected chi connectivity index (χ3v) is 3.26. The van der Waals surface area contributed by atoms with Crippen molar-refractivity contribution in [2.24, 2.45) is 12.8 Å². The minimum Gasteiger partial charge on any atom is -0.394 e. The quantitative estimate of drug-likeness (QED) is 0.667. The molecule has 0 radical (unpaired) electrons. The number of nitrogens with two attached hydrogens (primary N) is 1. The first-order valence-electron chi connectivity index (χ1n) is 5.76. The van der Waals surface area contributed by atoms with Gasteiger partial charge in [-0.25, -0.2) is 4.79 Å². The number of rotatable bonds is 2. The highest BCUT2D eigenvalue weighted by Gasteiger charge is 2.34. The smallest absolute Gasteiger partial charge is 0.332 e. The Hall–Kier alpha value is -1.44. The Morgan fingerprint density at radius 3 is 2.78 bits per heavy atom. The van der Waals surface area contributed by atoms with Crippen LogP contribution < -0.4 is 17.0 Å². The molecule has 0 spiro atoms. The lowest BCUT2D eigenvalue weighted by atomic mass is 10.1. The van der Waals surface area contributed by atoms with Gasteiger partial charge in [0.05, 0.1) is 12.7 Å². The first-order valence-corrected chi connectivity index (χ1v) is 5.76. The van der Waals surface area contributed by atoms with E-state index in [1.807, 2.05) is 0 Å². The highest BCUT2D eigenvalue weighted by molar-refractivity contribution is 5.03. The molecule has 3 N–H and O–H groups in total. The van der Waals surface area contributed by atoms with Crippen molar-refractivity contribution in [1.82, 2.24) is 9.13 Å². The largest absolute Gasteiger partial charge is 0.394 e. The summed E-state index contributed by atoms with van der Waals surface area (Å²) in [5.41, 5.74) is 5.50. The molecular formula is C11H17N3O4. The summed E-state index contributed by atoms with van der Waals surface area (Å²) in [5, 5.41) is 9.08. The fourth-order valence-corrected chi connectivity index (χ4v) is 2.15. The molecule has 7 heteroatoms. The molecule has 1 aliphatic rings. The van der Waals surface area contributed by atoms with Crippen molar-refractivity contribution >= 4 is 0 Å². The zero-order valence-corrected chi connectivity index (χ0v) is 10.4. The summed E-state index contributed by atoms with van der Waals surface area (Å²) in [5.74, 6) is 0. The van der Waals surface area contributed by atoms with E-state index >= 15 is 0 Å². The highest BCUT2D eigenvalue weighted by Crippen LogP contribution is 2.25. The van der Waals surface area contributed by atoms with Gasteiger partial charge < -0.3 is 15.6 Å². The molecule has 1 saturated heterocycles. The number of nitrogens with zero attached hydrogens (tertiary/aromatic N) is 2. The van der Waals surface area contributed by atoms with Crippen LogP contribution in [0.4, 0.5) is 0 Å². The molecule has 0 bridgehead atoms. The van der Waals surface area contributed by atoms with Gasteiger partial charge in [-0.3, -0.25) is 13.9 Å². The molecule has 18 heavy (non-hydrogen) atoms. The van der Waals surface area contributed by atoms with Gasteiger partial charge in [0.25, 0.3) is 5.56 Å². The fourth-order valence-electron chi connectivity index (χ4n) is 2.15. The molecule has 3 atom stereocenters. The van der Waals surface area contributed by atoms with E-state index in [4.69, 9.17) is 15.6 Å². The van der Waals surface area contributed by atoms with Crippen LogP contribution in [0.1, 0.15) is 18.2 Å². The Kier molecular flexibility index (Phi) is 3.38. The molecule has 7 nitrogen and oxygen atoms in total. The Morgan fingerprint density at radius 2 is 2.22 bits per heavy atom. The lowest BCUT2D eigenvalue weighted by Gasteiger charge is -2.16. The standard InChI is InChI=1S/C11H17N3O4/c1-6-4-14(11(17)13(2)10(6)16)9-3-7(12)8(5-15)18-9/h4,7-9,15H,3,5,12H2,1-2H3. The second kappa shape index (κ2) is 4.68. The molecule has 1 fully saturated rings. The maximum Gasteiger partial charge on any atom is 0.332 e. The molecule has 2 rings (SSSR count). The Balaban J connectivity index is 2.42. The summed E-state index contributed by atoms with van der Waals surface area (Å²) < 4.78 is 7.90. The van der Waals surface area contributed by atoms with E-state index in [0.717, 1.165) is 4.57 Å². The molecule has 1 aromatic heterocycles. The van der Waals surface area contributed by atoms with Crippen LogP contribution in [0.5, 0.6) is 0 Å². The third-order valence-electron chi connectivity index (χ3n) is 3.26. The Morgan fingerprint density at radius 1 is 1.56 bits per heavy atom. The number of aliphatic hydroxyl groups excluding tert-OH is 1. The van der Waals surface area contributed by atoms with Gasteiger partial charge in [0.2, 0.25) is 0 Å². The number of aliphatic hydroxyl groups is 1. The molecular weight excluding hydrogens is 238 g/mol. The normalized spacial score (nSPS) is 27.7. The van der Waals surface area contributed by atoms with E-state index in [0.29, 0.717) is 12.0 Å². The van der Waals surface area contributed by atoms with E-state index in [9.17, 15) is 9.59 Å².